The Hall–Kier alpha value is -3.80. The van der Waals surface area contributed by atoms with Gasteiger partial charge in [-0.05, 0) is 74.7 Å². The van der Waals surface area contributed by atoms with E-state index < -0.39 is 11.6 Å². The topological polar surface area (TPSA) is 106 Å². The molecule has 8 nitrogen and oxygen atoms in total. The summed E-state index contributed by atoms with van der Waals surface area (Å²) in [6.45, 7) is 5.80. The van der Waals surface area contributed by atoms with E-state index in [0.717, 1.165) is 16.0 Å². The minimum Gasteiger partial charge on any atom is -0.492 e. The predicted molar refractivity (Wildman–Crippen MR) is 144 cm³/mol. The number of carbonyl (C=O) groups is 2. The molecule has 0 bridgehead atoms. The second kappa shape index (κ2) is 12.0. The maximum atomic E-state index is 13.2. The summed E-state index contributed by atoms with van der Waals surface area (Å²) in [6.07, 6.45) is 7.10. The third-order valence-electron chi connectivity index (χ3n) is 5.87. The van der Waals surface area contributed by atoms with Gasteiger partial charge >= 0.3 is 6.03 Å². The number of ether oxygens (including phenoxy) is 1. The number of carbonyl (C=O) groups excluding carboxylic acids is 2. The number of imide groups is 1. The van der Waals surface area contributed by atoms with Crippen molar-refractivity contribution in [2.45, 2.75) is 32.7 Å². The minimum atomic E-state index is -1.07. The molecule has 2 aromatic carbocycles. The molecule has 3 rings (SSSR count). The molecule has 37 heavy (non-hydrogen) atoms. The summed E-state index contributed by atoms with van der Waals surface area (Å²) >= 11 is 12.5. The van der Waals surface area contributed by atoms with Crippen LogP contribution in [0.1, 0.15) is 38.3 Å². The van der Waals surface area contributed by atoms with Crippen LogP contribution in [0, 0.1) is 11.3 Å². The van der Waals surface area contributed by atoms with Gasteiger partial charge in [0.15, 0.2) is 0 Å². The molecule has 1 heterocycles. The summed E-state index contributed by atoms with van der Waals surface area (Å²) < 4.78 is 5.84. The Kier molecular flexibility index (Phi) is 8.98. The normalized spacial score (nSPS) is 15.7. The third kappa shape index (κ3) is 5.96. The summed E-state index contributed by atoms with van der Waals surface area (Å²) in [5.74, 6) is 0.104. The lowest BCUT2D eigenvalue weighted by molar-refractivity contribution is -0.123. The number of halogens is 2. The number of urea groups is 1. The molecule has 2 aromatic rings. The molecule has 0 unspecified atom stereocenters. The summed E-state index contributed by atoms with van der Waals surface area (Å²) in [5, 5.41) is 21.3. The van der Waals surface area contributed by atoms with Crippen molar-refractivity contribution >= 4 is 52.6 Å². The molecule has 10 heteroatoms. The first kappa shape index (κ1) is 27.8. The van der Waals surface area contributed by atoms with Crippen LogP contribution in [0.25, 0.3) is 5.57 Å². The standard InChI is InChI=1S/C27H26Cl2N4O4/c1-4-6-18(11-12-31-36)19-8-10-24(23(29)15-19)37-14-5-13-32-26(35)33(25(34)27(32,2)3)21-9-7-20(17-30)22(28)16-21/h4,6-12,15-16,36H,5,13-14H2,1-3H3/b6-4-,18-11+,31-12+. The van der Waals surface area contributed by atoms with E-state index in [9.17, 15) is 9.59 Å². The Morgan fingerprint density at radius 3 is 2.57 bits per heavy atom. The number of oxime groups is 1. The molecule has 0 saturated carbocycles. The van der Waals surface area contributed by atoms with Crippen molar-refractivity contribution in [2.75, 3.05) is 18.1 Å². The van der Waals surface area contributed by atoms with E-state index in [1.54, 1.807) is 32.1 Å². The molecule has 1 saturated heterocycles. The van der Waals surface area contributed by atoms with Crippen LogP contribution in [-0.2, 0) is 4.79 Å². The van der Waals surface area contributed by atoms with Crippen LogP contribution in [0.3, 0.4) is 0 Å². The van der Waals surface area contributed by atoms with Crippen LogP contribution < -0.4 is 9.64 Å². The number of allylic oxidation sites excluding steroid dienone is 4. The fourth-order valence-electron chi connectivity index (χ4n) is 3.92. The maximum absolute atomic E-state index is 13.2. The van der Waals surface area contributed by atoms with E-state index in [-0.39, 0.29) is 29.6 Å². The van der Waals surface area contributed by atoms with Crippen molar-refractivity contribution in [3.8, 4) is 11.8 Å². The molecular weight excluding hydrogens is 515 g/mol. The van der Waals surface area contributed by atoms with Gasteiger partial charge in [-0.1, -0.05) is 46.6 Å². The van der Waals surface area contributed by atoms with Crippen LogP contribution in [0.4, 0.5) is 10.5 Å². The van der Waals surface area contributed by atoms with Gasteiger partial charge in [-0.25, -0.2) is 9.69 Å². The van der Waals surface area contributed by atoms with Gasteiger partial charge < -0.3 is 14.8 Å². The first-order chi connectivity index (χ1) is 17.6. The molecule has 1 aliphatic rings. The Labute approximate surface area is 225 Å². The summed E-state index contributed by atoms with van der Waals surface area (Å²) in [5.41, 5.74) is 1.14. The Bertz CT molecular complexity index is 1330. The highest BCUT2D eigenvalue weighted by Crippen LogP contribution is 2.34. The molecule has 0 aliphatic carbocycles. The fraction of sp³-hybridized carbons (Fsp3) is 0.259. The summed E-state index contributed by atoms with van der Waals surface area (Å²) in [7, 11) is 0. The van der Waals surface area contributed by atoms with Gasteiger partial charge in [0.05, 0.1) is 34.1 Å². The molecule has 3 amide bonds. The maximum Gasteiger partial charge on any atom is 0.332 e. The zero-order valence-electron chi connectivity index (χ0n) is 20.6. The van der Waals surface area contributed by atoms with Crippen LogP contribution in [0.5, 0.6) is 5.75 Å². The monoisotopic (exact) mass is 540 g/mol. The zero-order valence-corrected chi connectivity index (χ0v) is 22.1. The average molecular weight is 541 g/mol. The molecule has 0 aromatic heterocycles. The third-order valence-corrected chi connectivity index (χ3v) is 6.48. The van der Waals surface area contributed by atoms with E-state index in [2.05, 4.69) is 5.16 Å². The van der Waals surface area contributed by atoms with Crippen molar-refractivity contribution in [1.82, 2.24) is 4.90 Å². The Morgan fingerprint density at radius 2 is 1.95 bits per heavy atom. The van der Waals surface area contributed by atoms with Crippen molar-refractivity contribution in [2.24, 2.45) is 5.16 Å². The van der Waals surface area contributed by atoms with E-state index in [4.69, 9.17) is 38.4 Å². The lowest BCUT2D eigenvalue weighted by atomic mass is 10.0. The van der Waals surface area contributed by atoms with Gasteiger partial charge in [0.2, 0.25) is 0 Å². The van der Waals surface area contributed by atoms with Crippen LogP contribution >= 0.6 is 23.2 Å². The quantitative estimate of drug-likeness (QED) is 0.100. The van der Waals surface area contributed by atoms with Gasteiger partial charge in [-0.15, -0.1) is 0 Å². The Balaban J connectivity index is 1.66. The number of nitriles is 1. The second-order valence-electron chi connectivity index (χ2n) is 8.64. The highest BCUT2D eigenvalue weighted by atomic mass is 35.5. The largest absolute Gasteiger partial charge is 0.492 e. The van der Waals surface area contributed by atoms with Gasteiger partial charge in [0.1, 0.15) is 17.4 Å². The van der Waals surface area contributed by atoms with E-state index in [1.165, 1.54) is 29.3 Å². The first-order valence-electron chi connectivity index (χ1n) is 11.4. The van der Waals surface area contributed by atoms with Gasteiger partial charge in [-0.2, -0.15) is 5.26 Å². The molecule has 1 N–H and O–H groups in total. The lowest BCUT2D eigenvalue weighted by Gasteiger charge is -2.27. The van der Waals surface area contributed by atoms with Crippen molar-refractivity contribution in [3.05, 3.63) is 75.8 Å². The second-order valence-corrected chi connectivity index (χ2v) is 9.46. The molecule has 192 valence electrons. The zero-order chi connectivity index (χ0) is 27.2. The molecule has 1 aliphatic heterocycles. The summed E-state index contributed by atoms with van der Waals surface area (Å²) in [6, 6.07) is 11.3. The van der Waals surface area contributed by atoms with E-state index >= 15 is 0 Å². The predicted octanol–water partition coefficient (Wildman–Crippen LogP) is 6.30. The van der Waals surface area contributed by atoms with Gasteiger partial charge in [0, 0.05) is 6.54 Å². The Morgan fingerprint density at radius 1 is 1.19 bits per heavy atom. The molecular formula is C27H26Cl2N4O4. The first-order valence-corrected chi connectivity index (χ1v) is 12.2. The number of anilines is 1. The van der Waals surface area contributed by atoms with Crippen LogP contribution in [0.2, 0.25) is 10.0 Å². The average Bonchev–Trinajstić information content (AvgIpc) is 3.03. The number of hydrogen-bond acceptors (Lipinski definition) is 6. The molecule has 1 fully saturated rings. The number of nitrogens with zero attached hydrogens (tertiary/aromatic N) is 4. The molecule has 0 spiro atoms. The fourth-order valence-corrected chi connectivity index (χ4v) is 4.37. The molecule has 0 radical (unpaired) electrons. The number of rotatable bonds is 9. The van der Waals surface area contributed by atoms with E-state index in [0.29, 0.717) is 22.9 Å². The highest BCUT2D eigenvalue weighted by molar-refractivity contribution is 6.33. The van der Waals surface area contributed by atoms with Crippen LogP contribution in [0.15, 0.2) is 59.8 Å². The number of amides is 3. The SMILES string of the molecule is C\C=C/C(=C\C=N\O)c1ccc(OCCCN2C(=O)N(c3ccc(C#N)c(Cl)c3)C(=O)C2(C)C)c(Cl)c1. The minimum absolute atomic E-state index is 0.169. The van der Waals surface area contributed by atoms with Gasteiger partial charge in [0.25, 0.3) is 5.91 Å². The number of hydrogen-bond donors (Lipinski definition) is 1. The van der Waals surface area contributed by atoms with Crippen molar-refractivity contribution in [3.63, 3.8) is 0 Å². The smallest absolute Gasteiger partial charge is 0.332 e. The molecule has 0 atom stereocenters. The van der Waals surface area contributed by atoms with Crippen LogP contribution in [-0.4, -0.2) is 47.0 Å². The highest BCUT2D eigenvalue weighted by Gasteiger charge is 2.51. The van der Waals surface area contributed by atoms with E-state index in [1.807, 2.05) is 31.2 Å². The summed E-state index contributed by atoms with van der Waals surface area (Å²) in [4.78, 5) is 28.8. The van der Waals surface area contributed by atoms with Crippen molar-refractivity contribution < 1.29 is 19.5 Å². The lowest BCUT2D eigenvalue weighted by Crippen LogP contribution is -2.44. The van der Waals surface area contributed by atoms with Gasteiger partial charge in [-0.3, -0.25) is 4.79 Å². The van der Waals surface area contributed by atoms with Crippen molar-refractivity contribution in [1.29, 1.82) is 5.26 Å². The number of benzene rings is 2.